The van der Waals surface area contributed by atoms with Crippen molar-refractivity contribution >= 4 is 23.1 Å². The molecule has 138 valence electrons. The summed E-state index contributed by atoms with van der Waals surface area (Å²) in [4.78, 5) is 23.2. The van der Waals surface area contributed by atoms with Crippen molar-refractivity contribution in [2.75, 3.05) is 16.8 Å². The lowest BCUT2D eigenvalue weighted by molar-refractivity contribution is 0.0983. The van der Waals surface area contributed by atoms with Gasteiger partial charge in [-0.3, -0.25) is 4.79 Å². The van der Waals surface area contributed by atoms with Gasteiger partial charge >= 0.3 is 0 Å². The predicted molar refractivity (Wildman–Crippen MR) is 110 cm³/mol. The van der Waals surface area contributed by atoms with Crippen LogP contribution in [0.2, 0.25) is 0 Å². The van der Waals surface area contributed by atoms with Gasteiger partial charge in [0.1, 0.15) is 11.5 Å². The summed E-state index contributed by atoms with van der Waals surface area (Å²) in [5, 5.41) is 3.33. The van der Waals surface area contributed by atoms with Crippen LogP contribution in [-0.2, 0) is 6.42 Å². The highest BCUT2D eigenvalue weighted by molar-refractivity contribution is 6.04. The molecule has 1 amide bonds. The van der Waals surface area contributed by atoms with Crippen molar-refractivity contribution in [3.05, 3.63) is 77.7 Å². The van der Waals surface area contributed by atoms with Gasteiger partial charge in [0, 0.05) is 17.9 Å². The Morgan fingerprint density at radius 2 is 1.78 bits per heavy atom. The molecule has 3 aromatic rings. The number of nitrogens with zero attached hydrogens (tertiary/aromatic N) is 3. The maximum Gasteiger partial charge on any atom is 0.278 e. The molecule has 1 aromatic heterocycles. The quantitative estimate of drug-likeness (QED) is 0.689. The summed E-state index contributed by atoms with van der Waals surface area (Å²) in [7, 11) is 0. The second-order valence-corrected chi connectivity index (χ2v) is 6.26. The Morgan fingerprint density at radius 3 is 2.41 bits per heavy atom. The van der Waals surface area contributed by atoms with Crippen molar-refractivity contribution in [1.29, 1.82) is 0 Å². The highest BCUT2D eigenvalue weighted by Crippen LogP contribution is 2.24. The number of aryl methyl sites for hydroxylation is 2. The summed E-state index contributed by atoms with van der Waals surface area (Å²) in [5.41, 5.74) is 4.59. The Bertz CT molecular complexity index is 907. The molecular weight excluding hydrogens is 336 g/mol. The third-order valence-electron chi connectivity index (χ3n) is 4.49. The number of para-hydroxylation sites is 2. The van der Waals surface area contributed by atoms with Crippen LogP contribution < -0.4 is 10.2 Å². The lowest BCUT2D eigenvalue weighted by Crippen LogP contribution is -2.31. The molecule has 0 fully saturated rings. The molecule has 5 heteroatoms. The predicted octanol–water partition coefficient (Wildman–Crippen LogP) is 4.76. The normalized spacial score (nSPS) is 10.5. The molecular formula is C22H24N4O. The number of carbonyl (C=O) groups is 1. The number of anilines is 3. The van der Waals surface area contributed by atoms with Gasteiger partial charge in [0.15, 0.2) is 0 Å². The lowest BCUT2D eigenvalue weighted by atomic mass is 10.1. The van der Waals surface area contributed by atoms with E-state index in [0.29, 0.717) is 18.1 Å². The summed E-state index contributed by atoms with van der Waals surface area (Å²) in [6.07, 6.45) is 4.06. The van der Waals surface area contributed by atoms with Gasteiger partial charge in [0.25, 0.3) is 5.91 Å². The molecule has 0 saturated heterocycles. The number of nitrogens with one attached hydrogen (secondary N) is 1. The van der Waals surface area contributed by atoms with E-state index in [1.54, 1.807) is 11.1 Å². The van der Waals surface area contributed by atoms with Gasteiger partial charge in [0.05, 0.1) is 12.4 Å². The first kappa shape index (κ1) is 18.6. The maximum atomic E-state index is 12.8. The van der Waals surface area contributed by atoms with Gasteiger partial charge in [-0.05, 0) is 43.5 Å². The van der Waals surface area contributed by atoms with E-state index in [2.05, 4.69) is 47.3 Å². The van der Waals surface area contributed by atoms with Crippen molar-refractivity contribution in [2.24, 2.45) is 0 Å². The van der Waals surface area contributed by atoms with Crippen LogP contribution in [0.25, 0.3) is 0 Å². The molecule has 3 rings (SSSR count). The highest BCUT2D eigenvalue weighted by Gasteiger charge is 2.17. The third kappa shape index (κ3) is 4.14. The number of amides is 1. The van der Waals surface area contributed by atoms with Gasteiger partial charge < -0.3 is 10.2 Å². The number of hydrogen-bond donors (Lipinski definition) is 1. The molecule has 2 aromatic carbocycles. The van der Waals surface area contributed by atoms with E-state index in [1.165, 1.54) is 11.8 Å². The minimum absolute atomic E-state index is 0.159. The zero-order valence-electron chi connectivity index (χ0n) is 15.9. The van der Waals surface area contributed by atoms with Crippen LogP contribution in [0.5, 0.6) is 0 Å². The molecule has 1 heterocycles. The molecule has 5 nitrogen and oxygen atoms in total. The zero-order valence-corrected chi connectivity index (χ0v) is 15.9. The zero-order chi connectivity index (χ0) is 19.2. The van der Waals surface area contributed by atoms with Crippen molar-refractivity contribution in [2.45, 2.75) is 27.2 Å². The monoisotopic (exact) mass is 360 g/mol. The first-order valence-corrected chi connectivity index (χ1v) is 9.18. The average Bonchev–Trinajstić information content (AvgIpc) is 2.71. The van der Waals surface area contributed by atoms with E-state index >= 15 is 0 Å². The van der Waals surface area contributed by atoms with Crippen molar-refractivity contribution in [3.8, 4) is 0 Å². The van der Waals surface area contributed by atoms with Crippen LogP contribution in [-0.4, -0.2) is 22.4 Å². The van der Waals surface area contributed by atoms with Crippen LogP contribution in [0, 0.1) is 6.92 Å². The van der Waals surface area contributed by atoms with Crippen LogP contribution in [0.3, 0.4) is 0 Å². The van der Waals surface area contributed by atoms with E-state index < -0.39 is 0 Å². The second-order valence-electron chi connectivity index (χ2n) is 6.26. The van der Waals surface area contributed by atoms with Gasteiger partial charge in [-0.15, -0.1) is 0 Å². The van der Waals surface area contributed by atoms with E-state index in [0.717, 1.165) is 23.4 Å². The number of hydrogen-bond acceptors (Lipinski definition) is 4. The molecule has 0 aliphatic heterocycles. The van der Waals surface area contributed by atoms with E-state index in [9.17, 15) is 4.79 Å². The summed E-state index contributed by atoms with van der Waals surface area (Å²) < 4.78 is 0. The Kier molecular flexibility index (Phi) is 5.81. The molecule has 1 N–H and O–H groups in total. The Morgan fingerprint density at radius 1 is 1.00 bits per heavy atom. The van der Waals surface area contributed by atoms with Crippen LogP contribution in [0.4, 0.5) is 17.2 Å². The van der Waals surface area contributed by atoms with Crippen molar-refractivity contribution < 1.29 is 4.79 Å². The molecule has 0 spiro atoms. The summed E-state index contributed by atoms with van der Waals surface area (Å²) in [6.45, 7) is 6.69. The smallest absolute Gasteiger partial charge is 0.278 e. The topological polar surface area (TPSA) is 58.1 Å². The molecule has 0 aliphatic rings. The summed E-state index contributed by atoms with van der Waals surface area (Å²) in [6, 6.07) is 15.8. The fraction of sp³-hybridized carbons (Fsp3) is 0.227. The fourth-order valence-electron chi connectivity index (χ4n) is 3.02. The Labute approximate surface area is 160 Å². The Balaban J connectivity index is 1.80. The average molecular weight is 360 g/mol. The number of benzene rings is 2. The first-order valence-electron chi connectivity index (χ1n) is 9.18. The summed E-state index contributed by atoms with van der Waals surface area (Å²) >= 11 is 0. The van der Waals surface area contributed by atoms with Crippen LogP contribution in [0.1, 0.15) is 35.5 Å². The minimum atomic E-state index is -0.159. The Hall–Kier alpha value is -3.21. The van der Waals surface area contributed by atoms with E-state index in [4.69, 9.17) is 0 Å². The van der Waals surface area contributed by atoms with Crippen molar-refractivity contribution in [1.82, 2.24) is 9.97 Å². The minimum Gasteiger partial charge on any atom is -0.339 e. The van der Waals surface area contributed by atoms with Gasteiger partial charge in [-0.2, -0.15) is 0 Å². The number of carbonyl (C=O) groups excluding carboxylic acids is 1. The summed E-state index contributed by atoms with van der Waals surface area (Å²) in [5.74, 6) is 0.464. The first-order chi connectivity index (χ1) is 13.1. The van der Waals surface area contributed by atoms with E-state index in [1.807, 2.05) is 37.3 Å². The lowest BCUT2D eigenvalue weighted by Gasteiger charge is -2.20. The van der Waals surface area contributed by atoms with E-state index in [-0.39, 0.29) is 5.91 Å². The standard InChI is InChI=1S/C22H24N4O/c1-4-17-11-9-10-16(3)21(17)25-20-15-23-19(14-24-20)22(27)26(5-2)18-12-7-6-8-13-18/h6-15H,4-5H2,1-3H3,(H,24,25). The maximum absolute atomic E-state index is 12.8. The SMILES string of the molecule is CCc1cccc(C)c1Nc1cnc(C(=O)N(CC)c2ccccc2)cn1. The van der Waals surface area contributed by atoms with Gasteiger partial charge in [-0.25, -0.2) is 9.97 Å². The molecule has 0 saturated carbocycles. The number of aromatic nitrogens is 2. The molecule has 0 unspecified atom stereocenters. The molecule has 0 radical (unpaired) electrons. The largest absolute Gasteiger partial charge is 0.339 e. The van der Waals surface area contributed by atoms with Crippen LogP contribution >= 0.6 is 0 Å². The third-order valence-corrected chi connectivity index (χ3v) is 4.49. The molecule has 0 bridgehead atoms. The molecule has 27 heavy (non-hydrogen) atoms. The number of rotatable bonds is 6. The van der Waals surface area contributed by atoms with Gasteiger partial charge in [0.2, 0.25) is 0 Å². The molecule has 0 aliphatic carbocycles. The second kappa shape index (κ2) is 8.45. The molecule has 0 atom stereocenters. The fourth-order valence-corrected chi connectivity index (χ4v) is 3.02. The highest BCUT2D eigenvalue weighted by atomic mass is 16.2. The van der Waals surface area contributed by atoms with Crippen LogP contribution in [0.15, 0.2) is 60.9 Å². The van der Waals surface area contributed by atoms with Gasteiger partial charge in [-0.1, -0.05) is 43.3 Å². The van der Waals surface area contributed by atoms with Crippen molar-refractivity contribution in [3.63, 3.8) is 0 Å².